The second-order valence-corrected chi connectivity index (χ2v) is 5.06. The van der Waals surface area contributed by atoms with Crippen LogP contribution in [0, 0.1) is 17.0 Å². The average molecular weight is 283 g/mol. The smallest absolute Gasteiger partial charge is 0.269 e. The van der Waals surface area contributed by atoms with Crippen LogP contribution in [-0.2, 0) is 4.74 Å². The van der Waals surface area contributed by atoms with E-state index in [1.807, 2.05) is 19.1 Å². The highest BCUT2D eigenvalue weighted by molar-refractivity contribution is 6.01. The van der Waals surface area contributed by atoms with Gasteiger partial charge in [-0.25, -0.2) is 0 Å². The molecule has 0 aromatic heterocycles. The molecule has 0 spiro atoms. The first-order valence-electron chi connectivity index (χ1n) is 6.57. The predicted octanol–water partition coefficient (Wildman–Crippen LogP) is 3.23. The molecule has 2 atom stereocenters. The number of carbonyl (C=O) groups is 1. The Hall–Kier alpha value is -2.53. The molecule has 2 unspecified atom stereocenters. The van der Waals surface area contributed by atoms with Gasteiger partial charge in [-0.1, -0.05) is 29.8 Å². The van der Waals surface area contributed by atoms with Crippen molar-refractivity contribution in [1.82, 2.24) is 0 Å². The molecule has 5 heteroatoms. The lowest BCUT2D eigenvalue weighted by Crippen LogP contribution is -2.08. The Kier molecular flexibility index (Phi) is 3.27. The van der Waals surface area contributed by atoms with E-state index in [0.717, 1.165) is 11.1 Å². The van der Waals surface area contributed by atoms with Crippen LogP contribution in [0.1, 0.15) is 27.6 Å². The van der Waals surface area contributed by atoms with Crippen LogP contribution in [0.3, 0.4) is 0 Å². The second-order valence-electron chi connectivity index (χ2n) is 5.06. The quantitative estimate of drug-likeness (QED) is 0.374. The molecule has 21 heavy (non-hydrogen) atoms. The van der Waals surface area contributed by atoms with E-state index in [0.29, 0.717) is 5.56 Å². The Morgan fingerprint density at radius 2 is 1.71 bits per heavy atom. The number of benzene rings is 2. The molecule has 0 amide bonds. The van der Waals surface area contributed by atoms with Crippen LogP contribution in [0.2, 0.25) is 0 Å². The van der Waals surface area contributed by atoms with Crippen LogP contribution in [0.5, 0.6) is 0 Å². The molecule has 0 aliphatic carbocycles. The van der Waals surface area contributed by atoms with Crippen LogP contribution in [0.15, 0.2) is 48.5 Å². The summed E-state index contributed by atoms with van der Waals surface area (Å²) in [6.07, 6.45) is -0.797. The Balaban J connectivity index is 1.72. The maximum absolute atomic E-state index is 12.2. The van der Waals surface area contributed by atoms with Crippen LogP contribution in [0.25, 0.3) is 0 Å². The third-order valence-corrected chi connectivity index (χ3v) is 3.52. The van der Waals surface area contributed by atoms with Gasteiger partial charge in [-0.2, -0.15) is 0 Å². The SMILES string of the molecule is Cc1ccc(C(=O)C2OC2c2ccc([N+](=O)[O-])cc2)cc1. The van der Waals surface area contributed by atoms with E-state index in [2.05, 4.69) is 0 Å². The van der Waals surface area contributed by atoms with E-state index in [9.17, 15) is 14.9 Å². The van der Waals surface area contributed by atoms with Gasteiger partial charge in [-0.15, -0.1) is 0 Å². The molecule has 3 rings (SSSR count). The van der Waals surface area contributed by atoms with Crippen molar-refractivity contribution < 1.29 is 14.5 Å². The van der Waals surface area contributed by atoms with Crippen LogP contribution in [0.4, 0.5) is 5.69 Å². The van der Waals surface area contributed by atoms with Gasteiger partial charge in [0.2, 0.25) is 0 Å². The molecule has 0 bridgehead atoms. The van der Waals surface area contributed by atoms with E-state index < -0.39 is 11.0 Å². The molecule has 0 radical (unpaired) electrons. The minimum atomic E-state index is -0.492. The molecule has 2 aromatic rings. The van der Waals surface area contributed by atoms with E-state index in [1.165, 1.54) is 12.1 Å². The number of rotatable bonds is 4. The van der Waals surface area contributed by atoms with Gasteiger partial charge in [0.05, 0.1) is 4.92 Å². The summed E-state index contributed by atoms with van der Waals surface area (Å²) in [7, 11) is 0. The zero-order chi connectivity index (χ0) is 15.0. The molecule has 1 fully saturated rings. The fourth-order valence-electron chi connectivity index (χ4n) is 2.23. The van der Waals surface area contributed by atoms with E-state index in [4.69, 9.17) is 4.74 Å². The van der Waals surface area contributed by atoms with E-state index >= 15 is 0 Å². The predicted molar refractivity (Wildman–Crippen MR) is 76.2 cm³/mol. The Bertz CT molecular complexity index is 691. The highest BCUT2D eigenvalue weighted by Crippen LogP contribution is 2.41. The summed E-state index contributed by atoms with van der Waals surface area (Å²) in [6.45, 7) is 1.96. The van der Waals surface area contributed by atoms with Gasteiger partial charge in [-0.3, -0.25) is 14.9 Å². The van der Waals surface area contributed by atoms with Crippen molar-refractivity contribution in [3.63, 3.8) is 0 Å². The minimum absolute atomic E-state index is 0.0285. The Labute approximate surface area is 121 Å². The van der Waals surface area contributed by atoms with Crippen molar-refractivity contribution in [2.75, 3.05) is 0 Å². The summed E-state index contributed by atoms with van der Waals surface area (Å²) < 4.78 is 5.43. The first-order valence-corrected chi connectivity index (χ1v) is 6.57. The third-order valence-electron chi connectivity index (χ3n) is 3.52. The molecular weight excluding hydrogens is 270 g/mol. The molecule has 1 saturated heterocycles. The van der Waals surface area contributed by atoms with Gasteiger partial charge in [0.1, 0.15) is 6.10 Å². The fraction of sp³-hybridized carbons (Fsp3) is 0.188. The number of nitrogens with zero attached hydrogens (tertiary/aromatic N) is 1. The maximum Gasteiger partial charge on any atom is 0.269 e. The normalized spacial score (nSPS) is 20.0. The summed E-state index contributed by atoms with van der Waals surface area (Å²) in [5, 5.41) is 10.6. The van der Waals surface area contributed by atoms with Crippen molar-refractivity contribution in [3.05, 3.63) is 75.3 Å². The monoisotopic (exact) mass is 283 g/mol. The molecule has 5 nitrogen and oxygen atoms in total. The Morgan fingerprint density at radius 1 is 1.10 bits per heavy atom. The average Bonchev–Trinajstić information content (AvgIpc) is 3.28. The van der Waals surface area contributed by atoms with Crippen molar-refractivity contribution >= 4 is 11.5 Å². The van der Waals surface area contributed by atoms with Crippen LogP contribution in [-0.4, -0.2) is 16.8 Å². The lowest BCUT2D eigenvalue weighted by atomic mass is 10.0. The number of nitro groups is 1. The Morgan fingerprint density at radius 3 is 2.29 bits per heavy atom. The molecule has 1 aliphatic heterocycles. The highest BCUT2D eigenvalue weighted by atomic mass is 16.6. The molecule has 2 aromatic carbocycles. The molecule has 106 valence electrons. The maximum atomic E-state index is 12.2. The molecular formula is C16H13NO4. The zero-order valence-corrected chi connectivity index (χ0v) is 11.4. The summed E-state index contributed by atoms with van der Waals surface area (Å²) in [5.41, 5.74) is 2.53. The van der Waals surface area contributed by atoms with Crippen molar-refractivity contribution in [2.45, 2.75) is 19.1 Å². The summed E-state index contributed by atoms with van der Waals surface area (Å²) in [4.78, 5) is 22.4. The lowest BCUT2D eigenvalue weighted by molar-refractivity contribution is -0.384. The number of nitro benzene ring substituents is 1. The van der Waals surface area contributed by atoms with Crippen LogP contribution < -0.4 is 0 Å². The van der Waals surface area contributed by atoms with Gasteiger partial charge in [0.15, 0.2) is 11.9 Å². The second kappa shape index (κ2) is 5.10. The number of carbonyl (C=O) groups excluding carboxylic acids is 1. The molecule has 1 aliphatic rings. The lowest BCUT2D eigenvalue weighted by Gasteiger charge is -1.99. The van der Waals surface area contributed by atoms with Gasteiger partial charge < -0.3 is 4.74 Å². The number of non-ortho nitro benzene ring substituents is 1. The van der Waals surface area contributed by atoms with Crippen LogP contribution >= 0.6 is 0 Å². The number of ether oxygens (including phenoxy) is 1. The van der Waals surface area contributed by atoms with Gasteiger partial charge in [-0.05, 0) is 24.6 Å². The third kappa shape index (κ3) is 2.68. The number of aryl methyl sites for hydroxylation is 1. The van der Waals surface area contributed by atoms with Crippen molar-refractivity contribution in [3.8, 4) is 0 Å². The van der Waals surface area contributed by atoms with E-state index in [1.54, 1.807) is 24.3 Å². The number of epoxide rings is 1. The highest BCUT2D eigenvalue weighted by Gasteiger charge is 2.46. The minimum Gasteiger partial charge on any atom is -0.356 e. The largest absolute Gasteiger partial charge is 0.356 e. The van der Waals surface area contributed by atoms with Gasteiger partial charge in [0.25, 0.3) is 5.69 Å². The number of ketones is 1. The topological polar surface area (TPSA) is 72.7 Å². The summed E-state index contributed by atoms with van der Waals surface area (Å²) in [6, 6.07) is 13.4. The number of hydrogen-bond acceptors (Lipinski definition) is 4. The fourth-order valence-corrected chi connectivity index (χ4v) is 2.23. The van der Waals surface area contributed by atoms with Crippen molar-refractivity contribution in [2.24, 2.45) is 0 Å². The number of Topliss-reactive ketones (excluding diaryl/α,β-unsaturated/α-hetero) is 1. The van der Waals surface area contributed by atoms with Gasteiger partial charge in [0, 0.05) is 17.7 Å². The first-order chi connectivity index (χ1) is 10.1. The molecule has 0 N–H and O–H groups in total. The molecule has 1 heterocycles. The van der Waals surface area contributed by atoms with Crippen molar-refractivity contribution in [1.29, 1.82) is 0 Å². The molecule has 0 saturated carbocycles. The summed E-state index contributed by atoms with van der Waals surface area (Å²) >= 11 is 0. The standard InChI is InChI=1S/C16H13NO4/c1-10-2-4-11(5-3-10)14(18)16-15(21-16)12-6-8-13(9-7-12)17(19)20/h2-9,15-16H,1H3. The number of hydrogen-bond donors (Lipinski definition) is 0. The zero-order valence-electron chi connectivity index (χ0n) is 11.4. The first kappa shape index (κ1) is 13.5. The summed E-state index contributed by atoms with van der Waals surface area (Å²) in [5.74, 6) is -0.0571. The van der Waals surface area contributed by atoms with E-state index in [-0.39, 0.29) is 17.6 Å². The van der Waals surface area contributed by atoms with Gasteiger partial charge >= 0.3 is 0 Å².